The Kier molecular flexibility index (Phi) is 6.09. The summed E-state index contributed by atoms with van der Waals surface area (Å²) < 4.78 is 5.37. The predicted molar refractivity (Wildman–Crippen MR) is 107 cm³/mol. The van der Waals surface area contributed by atoms with Gasteiger partial charge < -0.3 is 20.7 Å². The van der Waals surface area contributed by atoms with Crippen LogP contribution in [0.4, 0.5) is 23.1 Å². The number of hydrogen-bond donors (Lipinski definition) is 2. The predicted octanol–water partition coefficient (Wildman–Crippen LogP) is 3.24. The highest BCUT2D eigenvalue weighted by Crippen LogP contribution is 2.27. The molecule has 142 valence electrons. The number of nitriles is 1. The zero-order chi connectivity index (χ0) is 19.2. The average molecular weight is 366 g/mol. The van der Waals surface area contributed by atoms with Crippen molar-refractivity contribution in [2.75, 3.05) is 36.2 Å². The van der Waals surface area contributed by atoms with Crippen LogP contribution >= 0.6 is 0 Å². The average Bonchev–Trinajstić information content (AvgIpc) is 3.12. The number of benzene rings is 1. The van der Waals surface area contributed by atoms with E-state index in [4.69, 9.17) is 15.5 Å². The Labute approximate surface area is 160 Å². The Morgan fingerprint density at radius 3 is 2.96 bits per heavy atom. The smallest absolute Gasteiger partial charge is 0.229 e. The third kappa shape index (κ3) is 4.47. The van der Waals surface area contributed by atoms with Crippen molar-refractivity contribution >= 4 is 23.1 Å². The number of nitrogens with one attached hydrogen (secondary N) is 1. The van der Waals surface area contributed by atoms with Gasteiger partial charge in [0.15, 0.2) is 0 Å². The number of nitrogen functional groups attached to an aromatic ring is 1. The van der Waals surface area contributed by atoms with Crippen molar-refractivity contribution in [1.29, 1.82) is 5.26 Å². The second-order valence-corrected chi connectivity index (χ2v) is 6.77. The number of aromatic nitrogens is 2. The van der Waals surface area contributed by atoms with Gasteiger partial charge >= 0.3 is 0 Å². The van der Waals surface area contributed by atoms with E-state index in [-0.39, 0.29) is 0 Å². The van der Waals surface area contributed by atoms with Gasteiger partial charge in [0, 0.05) is 36.8 Å². The first-order chi connectivity index (χ1) is 13.1. The van der Waals surface area contributed by atoms with Crippen molar-refractivity contribution in [2.45, 2.75) is 38.6 Å². The van der Waals surface area contributed by atoms with Crippen LogP contribution in [0.2, 0.25) is 0 Å². The molecule has 1 atom stereocenters. The summed E-state index contributed by atoms with van der Waals surface area (Å²) in [6.07, 6.45) is 4.14. The molecule has 1 saturated heterocycles. The van der Waals surface area contributed by atoms with Crippen molar-refractivity contribution in [3.63, 3.8) is 0 Å². The number of aryl methyl sites for hydroxylation is 1. The fourth-order valence-corrected chi connectivity index (χ4v) is 3.43. The summed E-state index contributed by atoms with van der Waals surface area (Å²) in [4.78, 5) is 11.7. The zero-order valence-corrected chi connectivity index (χ0v) is 15.9. The molecule has 0 aliphatic carbocycles. The van der Waals surface area contributed by atoms with E-state index in [0.29, 0.717) is 29.8 Å². The largest absolute Gasteiger partial charge is 0.398 e. The molecule has 1 aromatic carbocycles. The van der Waals surface area contributed by atoms with Crippen molar-refractivity contribution in [2.24, 2.45) is 0 Å². The van der Waals surface area contributed by atoms with E-state index < -0.39 is 0 Å². The van der Waals surface area contributed by atoms with Crippen LogP contribution < -0.4 is 16.0 Å². The van der Waals surface area contributed by atoms with Gasteiger partial charge in [-0.05, 0) is 37.5 Å². The summed E-state index contributed by atoms with van der Waals surface area (Å²) >= 11 is 0. The maximum Gasteiger partial charge on any atom is 0.229 e. The number of nitrogens with zero attached hydrogens (tertiary/aromatic N) is 4. The van der Waals surface area contributed by atoms with E-state index in [2.05, 4.69) is 34.3 Å². The third-order valence-electron chi connectivity index (χ3n) is 4.73. The van der Waals surface area contributed by atoms with E-state index in [1.165, 1.54) is 0 Å². The van der Waals surface area contributed by atoms with Crippen molar-refractivity contribution in [1.82, 2.24) is 9.97 Å². The number of methoxy groups -OCH3 is 1. The van der Waals surface area contributed by atoms with Crippen LogP contribution in [-0.2, 0) is 11.2 Å². The van der Waals surface area contributed by atoms with Crippen LogP contribution in [0.5, 0.6) is 0 Å². The third-order valence-corrected chi connectivity index (χ3v) is 4.73. The Hall–Kier alpha value is -2.85. The van der Waals surface area contributed by atoms with Gasteiger partial charge in [0.05, 0.1) is 18.2 Å². The van der Waals surface area contributed by atoms with Gasteiger partial charge in [-0.3, -0.25) is 0 Å². The van der Waals surface area contributed by atoms with Gasteiger partial charge in [0.25, 0.3) is 0 Å². The molecule has 27 heavy (non-hydrogen) atoms. The molecule has 1 aliphatic rings. The number of hydrogen-bond acceptors (Lipinski definition) is 7. The van der Waals surface area contributed by atoms with Crippen LogP contribution in [0.3, 0.4) is 0 Å². The topological polar surface area (TPSA) is 100 Å². The van der Waals surface area contributed by atoms with E-state index in [0.717, 1.165) is 49.4 Å². The van der Waals surface area contributed by atoms with Crippen LogP contribution in [0.25, 0.3) is 0 Å². The number of ether oxygens (including phenoxy) is 1. The van der Waals surface area contributed by atoms with Crippen molar-refractivity contribution < 1.29 is 4.74 Å². The Morgan fingerprint density at radius 1 is 1.37 bits per heavy atom. The summed E-state index contributed by atoms with van der Waals surface area (Å²) in [5.74, 6) is 1.46. The molecular formula is C20H26N6O. The van der Waals surface area contributed by atoms with Crippen LogP contribution in [0.15, 0.2) is 24.3 Å². The standard InChI is InChI=1S/C20H26N6O/c1-3-5-15-11-19(26-9-4-6-17(26)13-27-2)25-20(23-15)24-16-7-8-18(22)14(10-16)12-21/h7-8,10-11,17H,3-6,9,13,22H2,1-2H3,(H,23,24,25). The zero-order valence-electron chi connectivity index (χ0n) is 15.9. The van der Waals surface area contributed by atoms with Crippen LogP contribution in [0, 0.1) is 11.3 Å². The molecule has 2 heterocycles. The molecule has 1 aromatic heterocycles. The summed E-state index contributed by atoms with van der Waals surface area (Å²) in [5, 5.41) is 12.4. The van der Waals surface area contributed by atoms with E-state index in [9.17, 15) is 5.26 Å². The van der Waals surface area contributed by atoms with Gasteiger partial charge in [0.1, 0.15) is 11.9 Å². The minimum absolute atomic E-state index is 0.342. The first kappa shape index (κ1) is 18.9. The second kappa shape index (κ2) is 8.69. The lowest BCUT2D eigenvalue weighted by Gasteiger charge is -2.26. The van der Waals surface area contributed by atoms with Crippen molar-refractivity contribution in [3.8, 4) is 6.07 Å². The normalized spacial score (nSPS) is 16.3. The highest BCUT2D eigenvalue weighted by atomic mass is 16.5. The van der Waals surface area contributed by atoms with E-state index in [1.807, 2.05) is 6.07 Å². The van der Waals surface area contributed by atoms with Gasteiger partial charge in [-0.2, -0.15) is 10.2 Å². The molecule has 1 aliphatic heterocycles. The fraction of sp³-hybridized carbons (Fsp3) is 0.450. The molecule has 1 fully saturated rings. The van der Waals surface area contributed by atoms with E-state index in [1.54, 1.807) is 19.2 Å². The molecule has 7 heteroatoms. The Morgan fingerprint density at radius 2 is 2.22 bits per heavy atom. The van der Waals surface area contributed by atoms with Gasteiger partial charge in [-0.1, -0.05) is 13.3 Å². The van der Waals surface area contributed by atoms with Gasteiger partial charge in [-0.15, -0.1) is 0 Å². The first-order valence-corrected chi connectivity index (χ1v) is 9.34. The minimum atomic E-state index is 0.342. The molecule has 0 radical (unpaired) electrons. The SMILES string of the molecule is CCCc1cc(N2CCCC2COC)nc(Nc2ccc(N)c(C#N)c2)n1. The summed E-state index contributed by atoms with van der Waals surface area (Å²) in [6.45, 7) is 3.80. The minimum Gasteiger partial charge on any atom is -0.398 e. The van der Waals surface area contributed by atoms with Gasteiger partial charge in [0.2, 0.25) is 5.95 Å². The van der Waals surface area contributed by atoms with Crippen LogP contribution in [0.1, 0.15) is 37.4 Å². The Bertz CT molecular complexity index is 832. The number of anilines is 4. The van der Waals surface area contributed by atoms with Crippen LogP contribution in [-0.4, -0.2) is 36.3 Å². The lowest BCUT2D eigenvalue weighted by atomic mass is 10.2. The number of nitrogens with two attached hydrogens (primary N) is 1. The molecule has 3 rings (SSSR count). The monoisotopic (exact) mass is 366 g/mol. The van der Waals surface area contributed by atoms with E-state index >= 15 is 0 Å². The second-order valence-electron chi connectivity index (χ2n) is 6.77. The Balaban J connectivity index is 1.91. The molecule has 0 spiro atoms. The van der Waals surface area contributed by atoms with Crippen molar-refractivity contribution in [3.05, 3.63) is 35.5 Å². The highest BCUT2D eigenvalue weighted by Gasteiger charge is 2.26. The summed E-state index contributed by atoms with van der Waals surface area (Å²) in [5.41, 5.74) is 8.45. The highest BCUT2D eigenvalue weighted by molar-refractivity contribution is 5.65. The first-order valence-electron chi connectivity index (χ1n) is 9.34. The fourth-order valence-electron chi connectivity index (χ4n) is 3.43. The molecule has 2 aromatic rings. The maximum absolute atomic E-state index is 9.18. The molecule has 0 saturated carbocycles. The van der Waals surface area contributed by atoms with Gasteiger partial charge in [-0.25, -0.2) is 4.98 Å². The molecule has 1 unspecified atom stereocenters. The molecule has 7 nitrogen and oxygen atoms in total. The molecular weight excluding hydrogens is 340 g/mol. The summed E-state index contributed by atoms with van der Waals surface area (Å²) in [6, 6.07) is 9.78. The quantitative estimate of drug-likeness (QED) is 0.726. The maximum atomic E-state index is 9.18. The lowest BCUT2D eigenvalue weighted by Crippen LogP contribution is -2.33. The summed E-state index contributed by atoms with van der Waals surface area (Å²) in [7, 11) is 1.74. The molecule has 0 bridgehead atoms. The number of rotatable bonds is 7. The molecule has 0 amide bonds. The lowest BCUT2D eigenvalue weighted by molar-refractivity contribution is 0.180. The molecule has 3 N–H and O–H groups in total.